The van der Waals surface area contributed by atoms with Crippen molar-refractivity contribution < 1.29 is 12.8 Å². The number of hydrogen-bond donors (Lipinski definition) is 1. The average Bonchev–Trinajstić information content (AvgIpc) is 2.72. The quantitative estimate of drug-likeness (QED) is 0.845. The van der Waals surface area contributed by atoms with E-state index in [9.17, 15) is 8.42 Å². The van der Waals surface area contributed by atoms with Gasteiger partial charge in [0.25, 0.3) is 0 Å². The second-order valence-corrected chi connectivity index (χ2v) is 6.61. The normalized spacial score (nSPS) is 15.8. The van der Waals surface area contributed by atoms with E-state index in [0.29, 0.717) is 11.7 Å². The fraction of sp³-hybridized carbons (Fsp3) is 0.727. The Hall–Kier alpha value is -0.880. The molecule has 0 radical (unpaired) electrons. The molecular weight excluding hydrogens is 240 g/mol. The maximum atomic E-state index is 11.4. The highest BCUT2D eigenvalue weighted by molar-refractivity contribution is 7.90. The molecule has 0 spiro atoms. The van der Waals surface area contributed by atoms with Crippen LogP contribution < -0.4 is 5.32 Å². The molecule has 6 heteroatoms. The molecule has 1 heterocycles. The number of sulfone groups is 1. The molecule has 17 heavy (non-hydrogen) atoms. The third-order valence-electron chi connectivity index (χ3n) is 2.66. The Balaban J connectivity index is 2.78. The van der Waals surface area contributed by atoms with Crippen molar-refractivity contribution >= 4 is 9.84 Å². The van der Waals surface area contributed by atoms with Gasteiger partial charge in [-0.15, -0.1) is 0 Å². The highest BCUT2D eigenvalue weighted by Crippen LogP contribution is 2.23. The summed E-state index contributed by atoms with van der Waals surface area (Å²) < 4.78 is 28.2. The SMILES string of the molecule is CCCNC(C)c1ncc(C(C)S(C)(=O)=O)o1. The van der Waals surface area contributed by atoms with Crippen molar-refractivity contribution in [3.63, 3.8) is 0 Å². The van der Waals surface area contributed by atoms with E-state index in [0.717, 1.165) is 13.0 Å². The number of nitrogens with one attached hydrogen (secondary N) is 1. The first-order chi connectivity index (χ1) is 7.86. The monoisotopic (exact) mass is 260 g/mol. The maximum absolute atomic E-state index is 11.4. The van der Waals surface area contributed by atoms with Crippen molar-refractivity contribution in [2.45, 2.75) is 38.5 Å². The molecule has 0 aliphatic heterocycles. The van der Waals surface area contributed by atoms with Crippen LogP contribution in [0, 0.1) is 0 Å². The second-order valence-electron chi connectivity index (χ2n) is 4.25. The molecule has 98 valence electrons. The van der Waals surface area contributed by atoms with Crippen LogP contribution in [0.3, 0.4) is 0 Å². The van der Waals surface area contributed by atoms with Crippen LogP contribution in [0.25, 0.3) is 0 Å². The summed E-state index contributed by atoms with van der Waals surface area (Å²) in [5.41, 5.74) is 0. The lowest BCUT2D eigenvalue weighted by atomic mass is 10.3. The molecule has 1 aromatic rings. The minimum Gasteiger partial charge on any atom is -0.443 e. The molecule has 1 aromatic heterocycles. The molecule has 2 unspecified atom stereocenters. The van der Waals surface area contributed by atoms with Crippen LogP contribution in [-0.2, 0) is 9.84 Å². The number of aromatic nitrogens is 1. The minimum atomic E-state index is -3.14. The molecule has 0 amide bonds. The van der Waals surface area contributed by atoms with Crippen molar-refractivity contribution in [2.75, 3.05) is 12.8 Å². The summed E-state index contributed by atoms with van der Waals surface area (Å²) in [7, 11) is -3.14. The van der Waals surface area contributed by atoms with Crippen LogP contribution in [0.5, 0.6) is 0 Å². The Morgan fingerprint density at radius 2 is 2.12 bits per heavy atom. The summed E-state index contributed by atoms with van der Waals surface area (Å²) in [6, 6.07) is -0.00420. The Labute approximate surface area is 103 Å². The molecule has 1 rings (SSSR count). The molecule has 2 atom stereocenters. The van der Waals surface area contributed by atoms with Crippen LogP contribution in [0.4, 0.5) is 0 Å². The zero-order valence-electron chi connectivity index (χ0n) is 10.7. The fourth-order valence-electron chi connectivity index (χ4n) is 1.35. The molecule has 0 bridgehead atoms. The highest BCUT2D eigenvalue weighted by Gasteiger charge is 2.22. The van der Waals surface area contributed by atoms with Gasteiger partial charge in [-0.05, 0) is 26.8 Å². The van der Waals surface area contributed by atoms with E-state index in [1.807, 2.05) is 6.92 Å². The van der Waals surface area contributed by atoms with E-state index in [1.54, 1.807) is 6.92 Å². The highest BCUT2D eigenvalue weighted by atomic mass is 32.2. The van der Waals surface area contributed by atoms with Crippen LogP contribution in [-0.4, -0.2) is 26.2 Å². The fourth-order valence-corrected chi connectivity index (χ4v) is 1.88. The van der Waals surface area contributed by atoms with Gasteiger partial charge in [0, 0.05) is 6.26 Å². The molecule has 5 nitrogen and oxygen atoms in total. The van der Waals surface area contributed by atoms with Gasteiger partial charge in [-0.25, -0.2) is 13.4 Å². The number of hydrogen-bond acceptors (Lipinski definition) is 5. The summed E-state index contributed by atoms with van der Waals surface area (Å²) in [5.74, 6) is 0.927. The topological polar surface area (TPSA) is 72.2 Å². The first kappa shape index (κ1) is 14.2. The molecular formula is C11H20N2O3S. The van der Waals surface area contributed by atoms with Crippen LogP contribution in [0.15, 0.2) is 10.6 Å². The van der Waals surface area contributed by atoms with Gasteiger partial charge in [0.05, 0.1) is 12.2 Å². The van der Waals surface area contributed by atoms with Gasteiger partial charge in [0.15, 0.2) is 9.84 Å². The largest absolute Gasteiger partial charge is 0.443 e. The van der Waals surface area contributed by atoms with Crippen LogP contribution >= 0.6 is 0 Å². The number of oxazole rings is 1. The predicted octanol–water partition coefficient (Wildman–Crippen LogP) is 1.84. The summed E-state index contributed by atoms with van der Waals surface area (Å²) >= 11 is 0. The lowest BCUT2D eigenvalue weighted by molar-refractivity contribution is 0.393. The van der Waals surface area contributed by atoms with E-state index >= 15 is 0 Å². The molecule has 0 aromatic carbocycles. The average molecular weight is 260 g/mol. The summed E-state index contributed by atoms with van der Waals surface area (Å²) in [5, 5.41) is 2.58. The first-order valence-corrected chi connectivity index (χ1v) is 7.69. The van der Waals surface area contributed by atoms with Crippen molar-refractivity contribution in [2.24, 2.45) is 0 Å². The lowest BCUT2D eigenvalue weighted by Crippen LogP contribution is -2.19. The van der Waals surface area contributed by atoms with Gasteiger partial charge >= 0.3 is 0 Å². The summed E-state index contributed by atoms with van der Waals surface area (Å²) in [6.45, 7) is 6.49. The third kappa shape index (κ3) is 3.81. The minimum absolute atomic E-state index is 0.00420. The van der Waals surface area contributed by atoms with Gasteiger partial charge in [-0.3, -0.25) is 0 Å². The van der Waals surface area contributed by atoms with Crippen molar-refractivity contribution in [1.29, 1.82) is 0 Å². The van der Waals surface area contributed by atoms with Gasteiger partial charge in [0.2, 0.25) is 5.89 Å². The number of rotatable bonds is 6. The third-order valence-corrected chi connectivity index (χ3v) is 4.17. The maximum Gasteiger partial charge on any atom is 0.211 e. The summed E-state index contributed by atoms with van der Waals surface area (Å²) in [6.07, 6.45) is 3.71. The van der Waals surface area contributed by atoms with Gasteiger partial charge in [-0.1, -0.05) is 6.92 Å². The standard InChI is InChI=1S/C11H20N2O3S/c1-5-6-12-8(2)11-13-7-10(16-11)9(3)17(4,14)15/h7-9,12H,5-6H2,1-4H3. The van der Waals surface area contributed by atoms with Crippen molar-refractivity contribution in [3.05, 3.63) is 17.8 Å². The molecule has 0 saturated carbocycles. The first-order valence-electron chi connectivity index (χ1n) is 5.74. The molecule has 0 aliphatic carbocycles. The van der Waals surface area contributed by atoms with E-state index in [-0.39, 0.29) is 6.04 Å². The van der Waals surface area contributed by atoms with E-state index < -0.39 is 15.1 Å². The Bertz CT molecular complexity index is 453. The zero-order valence-corrected chi connectivity index (χ0v) is 11.5. The predicted molar refractivity (Wildman–Crippen MR) is 66.5 cm³/mol. The second kappa shape index (κ2) is 5.64. The van der Waals surface area contributed by atoms with Gasteiger partial charge in [-0.2, -0.15) is 0 Å². The molecule has 0 aliphatic rings. The summed E-state index contributed by atoms with van der Waals surface area (Å²) in [4.78, 5) is 4.11. The van der Waals surface area contributed by atoms with Gasteiger partial charge < -0.3 is 9.73 Å². The Morgan fingerprint density at radius 3 is 2.65 bits per heavy atom. The van der Waals surface area contributed by atoms with Crippen LogP contribution in [0.1, 0.15) is 50.1 Å². The number of nitrogens with zero attached hydrogens (tertiary/aromatic N) is 1. The van der Waals surface area contributed by atoms with Crippen molar-refractivity contribution in [3.8, 4) is 0 Å². The lowest BCUT2D eigenvalue weighted by Gasteiger charge is -2.09. The van der Waals surface area contributed by atoms with Gasteiger partial charge in [0.1, 0.15) is 11.0 Å². The zero-order chi connectivity index (χ0) is 13.1. The van der Waals surface area contributed by atoms with Crippen molar-refractivity contribution in [1.82, 2.24) is 10.3 Å². The van der Waals surface area contributed by atoms with Crippen LogP contribution in [0.2, 0.25) is 0 Å². The van der Waals surface area contributed by atoms with E-state index in [1.165, 1.54) is 12.5 Å². The van der Waals surface area contributed by atoms with E-state index in [2.05, 4.69) is 17.2 Å². The molecule has 0 saturated heterocycles. The smallest absolute Gasteiger partial charge is 0.211 e. The molecule has 0 fully saturated rings. The molecule has 1 N–H and O–H groups in total. The Morgan fingerprint density at radius 1 is 1.47 bits per heavy atom. The van der Waals surface area contributed by atoms with E-state index in [4.69, 9.17) is 4.42 Å². The Kier molecular flexibility index (Phi) is 4.70.